The number of carboxylic acids is 1. The van der Waals surface area contributed by atoms with E-state index in [4.69, 9.17) is 19.0 Å². The summed E-state index contributed by atoms with van der Waals surface area (Å²) in [6.07, 6.45) is 0.766. The molecule has 1 heterocycles. The van der Waals surface area contributed by atoms with Gasteiger partial charge in [-0.05, 0) is 0 Å². The Labute approximate surface area is 122 Å². The van der Waals surface area contributed by atoms with E-state index in [0.29, 0.717) is 0 Å². The maximum Gasteiger partial charge on any atom is 0.342 e. The molecule has 0 amide bonds. The van der Waals surface area contributed by atoms with E-state index >= 15 is 0 Å². The van der Waals surface area contributed by atoms with Crippen molar-refractivity contribution < 1.29 is 33.4 Å². The van der Waals surface area contributed by atoms with Crippen molar-refractivity contribution in [2.75, 3.05) is 0 Å². The highest BCUT2D eigenvalue weighted by molar-refractivity contribution is 5.95. The van der Waals surface area contributed by atoms with Crippen molar-refractivity contribution in [2.24, 2.45) is 0 Å². The largest absolute Gasteiger partial charge is 0.477 e. The van der Waals surface area contributed by atoms with Crippen LogP contribution in [0.1, 0.15) is 24.2 Å². The predicted octanol–water partition coefficient (Wildman–Crippen LogP) is 1.34. The molecule has 8 nitrogen and oxygen atoms in total. The molecule has 0 radical (unpaired) electrons. The molecule has 8 heteroatoms. The number of aromatic carboxylic acids is 1. The average molecular weight is 306 g/mol. The van der Waals surface area contributed by atoms with Crippen LogP contribution in [0, 0.1) is 0 Å². The van der Waals surface area contributed by atoms with Gasteiger partial charge >= 0.3 is 17.9 Å². The molecular formula is C14H10O8. The van der Waals surface area contributed by atoms with E-state index in [1.807, 2.05) is 0 Å². The van der Waals surface area contributed by atoms with Gasteiger partial charge in [0.05, 0.1) is 0 Å². The van der Waals surface area contributed by atoms with Crippen LogP contribution in [0.4, 0.5) is 0 Å². The minimum absolute atomic E-state index is 0.0116. The average Bonchev–Trinajstić information content (AvgIpc) is 2.36. The Kier molecular flexibility index (Phi) is 3.93. The van der Waals surface area contributed by atoms with Gasteiger partial charge in [-0.25, -0.2) is 4.79 Å². The molecule has 1 aromatic heterocycles. The lowest BCUT2D eigenvalue weighted by molar-refractivity contribution is -0.132. The highest BCUT2D eigenvalue weighted by Gasteiger charge is 2.19. The number of esters is 2. The van der Waals surface area contributed by atoms with Gasteiger partial charge in [0.1, 0.15) is 34.3 Å². The highest BCUT2D eigenvalue weighted by atomic mass is 16.5. The summed E-state index contributed by atoms with van der Waals surface area (Å²) in [6, 6.07) is 2.35. The molecule has 0 unspecified atom stereocenters. The van der Waals surface area contributed by atoms with Gasteiger partial charge in [-0.1, -0.05) is 0 Å². The molecule has 1 N–H and O–H groups in total. The molecule has 0 spiro atoms. The van der Waals surface area contributed by atoms with Crippen molar-refractivity contribution in [3.63, 3.8) is 0 Å². The third-order valence-electron chi connectivity index (χ3n) is 2.56. The number of hydrogen-bond acceptors (Lipinski definition) is 7. The molecule has 22 heavy (non-hydrogen) atoms. The number of carbonyl (C=O) groups is 3. The molecule has 0 fully saturated rings. The lowest BCUT2D eigenvalue weighted by Crippen LogP contribution is -2.16. The zero-order valence-corrected chi connectivity index (χ0v) is 11.5. The topological polar surface area (TPSA) is 120 Å². The van der Waals surface area contributed by atoms with Gasteiger partial charge in [-0.3, -0.25) is 14.4 Å². The first-order valence-corrected chi connectivity index (χ1v) is 5.99. The summed E-state index contributed by atoms with van der Waals surface area (Å²) in [5, 5.41) is 8.70. The van der Waals surface area contributed by atoms with Gasteiger partial charge in [0, 0.05) is 26.0 Å². The van der Waals surface area contributed by atoms with Gasteiger partial charge in [0.15, 0.2) is 0 Å². The van der Waals surface area contributed by atoms with Gasteiger partial charge in [-0.2, -0.15) is 0 Å². The van der Waals surface area contributed by atoms with Gasteiger partial charge in [0.2, 0.25) is 5.43 Å². The molecule has 0 saturated carbocycles. The maximum absolute atomic E-state index is 12.2. The summed E-state index contributed by atoms with van der Waals surface area (Å²) in [4.78, 5) is 45.3. The van der Waals surface area contributed by atoms with Crippen LogP contribution in [0.5, 0.6) is 11.5 Å². The molecule has 0 aliphatic heterocycles. The number of fused-ring (bicyclic) bond motifs is 1. The van der Waals surface area contributed by atoms with Crippen LogP contribution in [0.15, 0.2) is 27.6 Å². The van der Waals surface area contributed by atoms with Crippen molar-refractivity contribution in [2.45, 2.75) is 13.8 Å². The van der Waals surface area contributed by atoms with Gasteiger partial charge < -0.3 is 19.0 Å². The molecule has 2 aromatic rings. The molecule has 1 aromatic carbocycles. The van der Waals surface area contributed by atoms with E-state index in [-0.39, 0.29) is 22.5 Å². The Morgan fingerprint density at radius 3 is 2.27 bits per heavy atom. The van der Waals surface area contributed by atoms with Crippen LogP contribution in [0.3, 0.4) is 0 Å². The first-order chi connectivity index (χ1) is 10.3. The predicted molar refractivity (Wildman–Crippen MR) is 72.1 cm³/mol. The van der Waals surface area contributed by atoms with Crippen LogP contribution < -0.4 is 14.9 Å². The molecule has 114 valence electrons. The van der Waals surface area contributed by atoms with Crippen LogP contribution in [-0.2, 0) is 9.59 Å². The maximum atomic E-state index is 12.2. The lowest BCUT2D eigenvalue weighted by atomic mass is 10.1. The quantitative estimate of drug-likeness (QED) is 0.666. The third-order valence-corrected chi connectivity index (χ3v) is 2.56. The second-order valence-electron chi connectivity index (χ2n) is 4.27. The smallest absolute Gasteiger partial charge is 0.342 e. The standard InChI is InChI=1S/C14H10O8/c1-6(15)21-8-3-10-12(11(4-8)22-7(2)16)13(17)9(5-20-10)14(18)19/h3-5H,1-2H3,(H,18,19). The van der Waals surface area contributed by atoms with Crippen LogP contribution in [0.25, 0.3) is 11.0 Å². The summed E-state index contributed by atoms with van der Waals surface area (Å²) in [5.41, 5.74) is -1.56. The molecule has 0 atom stereocenters. The summed E-state index contributed by atoms with van der Waals surface area (Å²) in [5.74, 6) is -3.10. The summed E-state index contributed by atoms with van der Waals surface area (Å²) >= 11 is 0. The fourth-order valence-corrected chi connectivity index (χ4v) is 1.80. The minimum Gasteiger partial charge on any atom is -0.477 e. The Morgan fingerprint density at radius 1 is 1.09 bits per heavy atom. The molecule has 0 aliphatic rings. The van der Waals surface area contributed by atoms with Gasteiger partial charge in [-0.15, -0.1) is 0 Å². The summed E-state index contributed by atoms with van der Waals surface area (Å²) < 4.78 is 14.8. The first-order valence-electron chi connectivity index (χ1n) is 5.99. The number of carboxylic acid groups (broad SMARTS) is 1. The highest BCUT2D eigenvalue weighted by Crippen LogP contribution is 2.30. The third kappa shape index (κ3) is 2.95. The van der Waals surface area contributed by atoms with Crippen molar-refractivity contribution in [1.82, 2.24) is 0 Å². The number of rotatable bonds is 3. The molecular weight excluding hydrogens is 296 g/mol. The van der Waals surface area contributed by atoms with Crippen LogP contribution in [-0.4, -0.2) is 23.0 Å². The van der Waals surface area contributed by atoms with Crippen LogP contribution in [0.2, 0.25) is 0 Å². The Balaban J connectivity index is 2.79. The second kappa shape index (κ2) is 5.68. The SMILES string of the molecule is CC(=O)Oc1cc(OC(C)=O)c2c(=O)c(C(=O)O)coc2c1. The monoisotopic (exact) mass is 306 g/mol. The lowest BCUT2D eigenvalue weighted by Gasteiger charge is -2.08. The molecule has 0 aliphatic carbocycles. The minimum atomic E-state index is -1.48. The van der Waals surface area contributed by atoms with Crippen LogP contribution >= 0.6 is 0 Å². The van der Waals surface area contributed by atoms with E-state index in [1.54, 1.807) is 0 Å². The van der Waals surface area contributed by atoms with E-state index in [0.717, 1.165) is 19.3 Å². The fourth-order valence-electron chi connectivity index (χ4n) is 1.80. The number of carbonyl (C=O) groups excluding carboxylic acids is 2. The molecule has 0 bridgehead atoms. The van der Waals surface area contributed by atoms with E-state index in [9.17, 15) is 19.2 Å². The summed E-state index contributed by atoms with van der Waals surface area (Å²) in [6.45, 7) is 2.27. The number of benzene rings is 1. The zero-order chi connectivity index (χ0) is 16.4. The Morgan fingerprint density at radius 2 is 1.73 bits per heavy atom. The zero-order valence-electron chi connectivity index (χ0n) is 11.5. The van der Waals surface area contributed by atoms with E-state index in [1.165, 1.54) is 13.0 Å². The van der Waals surface area contributed by atoms with Crippen molar-refractivity contribution >= 4 is 28.9 Å². The molecule has 0 saturated heterocycles. The van der Waals surface area contributed by atoms with E-state index < -0.39 is 28.9 Å². The fraction of sp³-hybridized carbons (Fsp3) is 0.143. The number of hydrogen-bond donors (Lipinski definition) is 1. The molecule has 2 rings (SSSR count). The summed E-state index contributed by atoms with van der Waals surface area (Å²) in [7, 11) is 0. The normalized spacial score (nSPS) is 10.3. The van der Waals surface area contributed by atoms with Crippen molar-refractivity contribution in [1.29, 1.82) is 0 Å². The van der Waals surface area contributed by atoms with E-state index in [2.05, 4.69) is 0 Å². The number of ether oxygens (including phenoxy) is 2. The van der Waals surface area contributed by atoms with Crippen molar-refractivity contribution in [3.05, 3.63) is 34.2 Å². The van der Waals surface area contributed by atoms with Gasteiger partial charge in [0.25, 0.3) is 0 Å². The first kappa shape index (κ1) is 15.2. The second-order valence-corrected chi connectivity index (χ2v) is 4.27. The Bertz CT molecular complexity index is 846. The Hall–Kier alpha value is -3.16. The van der Waals surface area contributed by atoms with Crippen molar-refractivity contribution in [3.8, 4) is 11.5 Å².